The van der Waals surface area contributed by atoms with Crippen LogP contribution in [0, 0.1) is 0 Å². The summed E-state index contributed by atoms with van der Waals surface area (Å²) in [6, 6.07) is 3.51. The van der Waals surface area contributed by atoms with Gasteiger partial charge in [-0.15, -0.1) is 15.3 Å². The lowest BCUT2D eigenvalue weighted by Crippen LogP contribution is -2.39. The van der Waals surface area contributed by atoms with Crippen molar-refractivity contribution in [1.82, 2.24) is 9.30 Å². The number of azo groups is 1. The third kappa shape index (κ3) is 5.45. The van der Waals surface area contributed by atoms with E-state index in [0.717, 1.165) is 4.73 Å². The Morgan fingerprint density at radius 2 is 2.04 bits per heavy atom. The highest BCUT2D eigenvalue weighted by molar-refractivity contribution is 5.53. The van der Waals surface area contributed by atoms with Gasteiger partial charge in [-0.3, -0.25) is 0 Å². The Morgan fingerprint density at radius 1 is 1.26 bits per heavy atom. The molecule has 122 valence electrons. The minimum Gasteiger partial charge on any atom is -0.395 e. The molecule has 23 heavy (non-hydrogen) atoms. The van der Waals surface area contributed by atoms with E-state index >= 15 is 0 Å². The molecule has 0 spiro atoms. The van der Waals surface area contributed by atoms with E-state index in [1.807, 2.05) is 4.57 Å². The number of imidazole rings is 1. The lowest BCUT2D eigenvalue weighted by atomic mass is 10.4. The standard InChI is InChI=1S/C13H18N7O3/c21-8-7-18-3-1-12(2-4-18)17-16-10-15-14-9-13(22)19-5-6-20(23)11-19/h1-6,10-11,13,21-23H,7-9H2/q+1. The van der Waals surface area contributed by atoms with E-state index in [2.05, 4.69) is 20.4 Å². The first-order valence-corrected chi connectivity index (χ1v) is 6.84. The van der Waals surface area contributed by atoms with Gasteiger partial charge in [0.15, 0.2) is 12.5 Å². The maximum atomic E-state index is 9.73. The van der Waals surface area contributed by atoms with Crippen LogP contribution in [0.15, 0.2) is 63.7 Å². The van der Waals surface area contributed by atoms with Crippen LogP contribution in [0.5, 0.6) is 0 Å². The van der Waals surface area contributed by atoms with E-state index in [1.165, 1.54) is 29.6 Å². The molecule has 0 aromatic carbocycles. The van der Waals surface area contributed by atoms with Crippen molar-refractivity contribution >= 4 is 6.34 Å². The van der Waals surface area contributed by atoms with Crippen molar-refractivity contribution in [3.05, 3.63) is 48.6 Å². The van der Waals surface area contributed by atoms with Crippen molar-refractivity contribution in [3.63, 3.8) is 0 Å². The van der Waals surface area contributed by atoms with Gasteiger partial charge in [0.1, 0.15) is 12.7 Å². The molecule has 0 saturated heterocycles. The fraction of sp³-hybridized carbons (Fsp3) is 0.308. The number of hydrogen-bond acceptors (Lipinski definition) is 6. The Bertz CT molecular complexity index is 715. The highest BCUT2D eigenvalue weighted by atomic mass is 16.5. The summed E-state index contributed by atoms with van der Waals surface area (Å²) >= 11 is 0. The molecule has 10 heteroatoms. The second-order valence-corrected chi connectivity index (χ2v) is 4.51. The maximum Gasteiger partial charge on any atom is 0.286 e. The fourth-order valence-corrected chi connectivity index (χ4v) is 1.68. The largest absolute Gasteiger partial charge is 0.395 e. The van der Waals surface area contributed by atoms with Crippen LogP contribution in [-0.4, -0.2) is 44.2 Å². The van der Waals surface area contributed by atoms with Crippen molar-refractivity contribution in [2.45, 2.75) is 12.8 Å². The molecule has 0 radical (unpaired) electrons. The molecular weight excluding hydrogens is 302 g/mol. The SMILES string of the molecule is OCCn1ccc(=NN=CN=NCC(O)[n+]2ccn(O)c2)cc1. The highest BCUT2D eigenvalue weighted by Gasteiger charge is 2.12. The summed E-state index contributed by atoms with van der Waals surface area (Å²) in [5.74, 6) is 0. The number of pyridine rings is 1. The first-order valence-electron chi connectivity index (χ1n) is 6.84. The van der Waals surface area contributed by atoms with Gasteiger partial charge in [0.25, 0.3) is 6.33 Å². The molecule has 0 aliphatic carbocycles. The molecule has 0 fully saturated rings. The predicted octanol–water partition coefficient (Wildman–Crippen LogP) is -0.706. The predicted molar refractivity (Wildman–Crippen MR) is 78.4 cm³/mol. The Balaban J connectivity index is 1.82. The van der Waals surface area contributed by atoms with Crippen LogP contribution in [0.25, 0.3) is 0 Å². The van der Waals surface area contributed by atoms with Gasteiger partial charge in [-0.05, 0) is 12.1 Å². The van der Waals surface area contributed by atoms with E-state index in [1.54, 1.807) is 24.5 Å². The number of rotatable bonds is 7. The van der Waals surface area contributed by atoms with Crippen molar-refractivity contribution in [1.29, 1.82) is 0 Å². The van der Waals surface area contributed by atoms with Gasteiger partial charge in [-0.2, -0.15) is 5.11 Å². The van der Waals surface area contributed by atoms with Gasteiger partial charge in [-0.1, -0.05) is 4.73 Å². The van der Waals surface area contributed by atoms with Gasteiger partial charge in [0.05, 0.1) is 12.0 Å². The van der Waals surface area contributed by atoms with Crippen molar-refractivity contribution in [2.75, 3.05) is 13.2 Å². The molecule has 10 nitrogen and oxygen atoms in total. The number of aliphatic hydroxyl groups excluding tert-OH is 2. The minimum absolute atomic E-state index is 0.0210. The van der Waals surface area contributed by atoms with Crippen molar-refractivity contribution < 1.29 is 20.0 Å². The molecule has 0 aliphatic heterocycles. The maximum absolute atomic E-state index is 9.73. The zero-order valence-electron chi connectivity index (χ0n) is 12.3. The Kier molecular flexibility index (Phi) is 6.15. The quantitative estimate of drug-likeness (QED) is 0.156. The Hall–Kier alpha value is -2.85. The Morgan fingerprint density at radius 3 is 2.70 bits per heavy atom. The lowest BCUT2D eigenvalue weighted by Gasteiger charge is -2.01. The molecule has 0 aliphatic rings. The topological polar surface area (TPSA) is 124 Å². The number of hydrogen-bond donors (Lipinski definition) is 3. The zero-order valence-corrected chi connectivity index (χ0v) is 12.3. The van der Waals surface area contributed by atoms with Gasteiger partial charge < -0.3 is 20.0 Å². The summed E-state index contributed by atoms with van der Waals surface area (Å²) in [6.07, 6.45) is 8.01. The summed E-state index contributed by atoms with van der Waals surface area (Å²) in [6.45, 7) is 0.623. The monoisotopic (exact) mass is 320 g/mol. The molecular formula is C13H18N7O3+. The average molecular weight is 320 g/mol. The molecule has 2 aromatic heterocycles. The van der Waals surface area contributed by atoms with Crippen LogP contribution in [0.2, 0.25) is 0 Å². The molecule has 3 N–H and O–H groups in total. The molecule has 2 heterocycles. The fourth-order valence-electron chi connectivity index (χ4n) is 1.68. The number of nitrogens with zero attached hydrogens (tertiary/aromatic N) is 7. The second-order valence-electron chi connectivity index (χ2n) is 4.51. The third-order valence-corrected chi connectivity index (χ3v) is 2.82. The van der Waals surface area contributed by atoms with Gasteiger partial charge >= 0.3 is 0 Å². The second kappa shape index (κ2) is 8.56. The van der Waals surface area contributed by atoms with Gasteiger partial charge in [0, 0.05) is 18.9 Å². The van der Waals surface area contributed by atoms with Crippen LogP contribution in [0.4, 0.5) is 0 Å². The lowest BCUT2D eigenvalue weighted by molar-refractivity contribution is -0.757. The zero-order chi connectivity index (χ0) is 16.5. The van der Waals surface area contributed by atoms with Crippen LogP contribution in [-0.2, 0) is 6.54 Å². The first kappa shape index (κ1) is 16.5. The summed E-state index contributed by atoms with van der Waals surface area (Å²) in [4.78, 5) is 0. The van der Waals surface area contributed by atoms with Crippen LogP contribution >= 0.6 is 0 Å². The summed E-state index contributed by atoms with van der Waals surface area (Å²) < 4.78 is 4.03. The highest BCUT2D eigenvalue weighted by Crippen LogP contribution is 1.91. The number of aliphatic hydroxyl groups is 2. The van der Waals surface area contributed by atoms with Gasteiger partial charge in [-0.25, -0.2) is 4.57 Å². The molecule has 0 bridgehead atoms. The van der Waals surface area contributed by atoms with E-state index in [0.29, 0.717) is 11.9 Å². The van der Waals surface area contributed by atoms with E-state index in [9.17, 15) is 5.11 Å². The minimum atomic E-state index is -0.923. The van der Waals surface area contributed by atoms with Crippen molar-refractivity contribution in [2.24, 2.45) is 20.4 Å². The molecule has 0 amide bonds. The summed E-state index contributed by atoms with van der Waals surface area (Å²) in [5, 5.41) is 43.3. The molecule has 1 unspecified atom stereocenters. The van der Waals surface area contributed by atoms with E-state index in [-0.39, 0.29) is 13.2 Å². The van der Waals surface area contributed by atoms with Gasteiger partial charge in [0.2, 0.25) is 6.23 Å². The average Bonchev–Trinajstić information content (AvgIpc) is 2.99. The van der Waals surface area contributed by atoms with Crippen molar-refractivity contribution in [3.8, 4) is 0 Å². The first-order chi connectivity index (χ1) is 11.2. The van der Waals surface area contributed by atoms with Crippen LogP contribution in [0.1, 0.15) is 6.23 Å². The smallest absolute Gasteiger partial charge is 0.286 e. The van der Waals surface area contributed by atoms with Crippen LogP contribution < -0.4 is 9.92 Å². The third-order valence-electron chi connectivity index (χ3n) is 2.82. The molecule has 0 saturated carbocycles. The van der Waals surface area contributed by atoms with Crippen LogP contribution in [0.3, 0.4) is 0 Å². The number of aromatic nitrogens is 3. The normalized spacial score (nSPS) is 13.0. The molecule has 1 atom stereocenters. The molecule has 2 rings (SSSR count). The summed E-state index contributed by atoms with van der Waals surface area (Å²) in [5.41, 5.74) is 0. The summed E-state index contributed by atoms with van der Waals surface area (Å²) in [7, 11) is 0. The molecule has 2 aromatic rings. The Labute approximate surface area is 131 Å². The van der Waals surface area contributed by atoms with E-state index in [4.69, 9.17) is 10.3 Å². The van der Waals surface area contributed by atoms with E-state index < -0.39 is 6.23 Å².